The fourth-order valence-corrected chi connectivity index (χ4v) is 2.86. The number of anilines is 1. The average Bonchev–Trinajstić information content (AvgIpc) is 2.86. The van der Waals surface area contributed by atoms with E-state index in [1.807, 2.05) is 19.9 Å². The van der Waals surface area contributed by atoms with Crippen LogP contribution in [-0.4, -0.2) is 18.2 Å². The molecule has 7 heteroatoms. The van der Waals surface area contributed by atoms with Gasteiger partial charge in [0.05, 0.1) is 17.4 Å². The molecule has 0 spiro atoms. The van der Waals surface area contributed by atoms with E-state index in [0.717, 1.165) is 0 Å². The SMILES string of the molecule is CC(C)n1cc(NS(=O)(=O)c2ccccc2C#N)cn1. The van der Waals surface area contributed by atoms with Crippen molar-refractivity contribution in [3.8, 4) is 6.07 Å². The van der Waals surface area contributed by atoms with Crippen LogP contribution in [0.25, 0.3) is 0 Å². The smallest absolute Gasteiger partial charge is 0.263 e. The minimum atomic E-state index is -3.79. The van der Waals surface area contributed by atoms with E-state index in [9.17, 15) is 8.42 Å². The van der Waals surface area contributed by atoms with E-state index in [2.05, 4.69) is 9.82 Å². The summed E-state index contributed by atoms with van der Waals surface area (Å²) in [5.41, 5.74) is 0.475. The minimum absolute atomic E-state index is 0.0419. The molecule has 1 aromatic heterocycles. The van der Waals surface area contributed by atoms with E-state index in [0.29, 0.717) is 5.69 Å². The molecule has 0 atom stereocenters. The molecule has 104 valence electrons. The Morgan fingerprint density at radius 1 is 1.35 bits per heavy atom. The Morgan fingerprint density at radius 2 is 2.05 bits per heavy atom. The zero-order valence-corrected chi connectivity index (χ0v) is 11.9. The Bertz CT molecular complexity index is 757. The van der Waals surface area contributed by atoms with Gasteiger partial charge in [0.1, 0.15) is 11.0 Å². The topological polar surface area (TPSA) is 87.8 Å². The molecule has 1 heterocycles. The maximum absolute atomic E-state index is 12.3. The van der Waals surface area contributed by atoms with Crippen LogP contribution in [0.3, 0.4) is 0 Å². The first-order valence-corrected chi connectivity index (χ1v) is 7.48. The molecule has 0 saturated carbocycles. The van der Waals surface area contributed by atoms with Crippen LogP contribution in [0.4, 0.5) is 5.69 Å². The van der Waals surface area contributed by atoms with E-state index in [1.54, 1.807) is 23.0 Å². The Morgan fingerprint density at radius 3 is 2.65 bits per heavy atom. The van der Waals surface area contributed by atoms with E-state index < -0.39 is 10.0 Å². The predicted octanol–water partition coefficient (Wildman–Crippen LogP) is 2.14. The van der Waals surface area contributed by atoms with Crippen LogP contribution in [0.2, 0.25) is 0 Å². The van der Waals surface area contributed by atoms with Gasteiger partial charge in [-0.2, -0.15) is 10.4 Å². The number of sulfonamides is 1. The molecule has 0 unspecified atom stereocenters. The first-order chi connectivity index (χ1) is 9.44. The summed E-state index contributed by atoms with van der Waals surface area (Å²) in [7, 11) is -3.79. The lowest BCUT2D eigenvalue weighted by molar-refractivity contribution is 0.532. The van der Waals surface area contributed by atoms with Gasteiger partial charge in [-0.05, 0) is 26.0 Å². The molecule has 0 aliphatic carbocycles. The van der Waals surface area contributed by atoms with E-state index in [-0.39, 0.29) is 16.5 Å². The minimum Gasteiger partial charge on any atom is -0.276 e. The Labute approximate surface area is 117 Å². The number of rotatable bonds is 4. The summed E-state index contributed by atoms with van der Waals surface area (Å²) < 4.78 is 28.6. The number of aromatic nitrogens is 2. The summed E-state index contributed by atoms with van der Waals surface area (Å²) >= 11 is 0. The largest absolute Gasteiger partial charge is 0.276 e. The summed E-state index contributed by atoms with van der Waals surface area (Å²) in [5.74, 6) is 0. The normalized spacial score (nSPS) is 11.3. The van der Waals surface area contributed by atoms with Gasteiger partial charge in [-0.15, -0.1) is 0 Å². The van der Waals surface area contributed by atoms with Crippen molar-refractivity contribution < 1.29 is 8.42 Å². The maximum Gasteiger partial charge on any atom is 0.263 e. The standard InChI is InChI=1S/C13H14N4O2S/c1-10(2)17-9-12(8-15-17)16-20(18,19)13-6-4-3-5-11(13)7-14/h3-6,8-10,16H,1-2H3. The molecule has 0 radical (unpaired) electrons. The molecule has 2 aromatic rings. The fourth-order valence-electron chi connectivity index (χ4n) is 1.68. The van der Waals surface area contributed by atoms with Crippen molar-refractivity contribution in [2.45, 2.75) is 24.8 Å². The highest BCUT2D eigenvalue weighted by Crippen LogP contribution is 2.19. The van der Waals surface area contributed by atoms with Crippen LogP contribution in [-0.2, 0) is 10.0 Å². The molecule has 6 nitrogen and oxygen atoms in total. The molecular weight excluding hydrogens is 276 g/mol. The van der Waals surface area contributed by atoms with Gasteiger partial charge in [-0.25, -0.2) is 8.42 Å². The third-order valence-electron chi connectivity index (χ3n) is 2.68. The molecule has 0 aliphatic heterocycles. The lowest BCUT2D eigenvalue weighted by Gasteiger charge is -2.07. The predicted molar refractivity (Wildman–Crippen MR) is 74.6 cm³/mol. The Hall–Kier alpha value is -2.33. The summed E-state index contributed by atoms with van der Waals surface area (Å²) in [6, 6.07) is 8.07. The summed E-state index contributed by atoms with van der Waals surface area (Å²) in [6.07, 6.45) is 3.05. The lowest BCUT2D eigenvalue weighted by Crippen LogP contribution is -2.14. The highest BCUT2D eigenvalue weighted by molar-refractivity contribution is 7.92. The molecule has 20 heavy (non-hydrogen) atoms. The quantitative estimate of drug-likeness (QED) is 0.934. The van der Waals surface area contributed by atoms with Gasteiger partial charge < -0.3 is 0 Å². The highest BCUT2D eigenvalue weighted by Gasteiger charge is 2.19. The second-order valence-electron chi connectivity index (χ2n) is 4.52. The number of benzene rings is 1. The molecule has 2 rings (SSSR count). The first kappa shape index (κ1) is 14.1. The molecule has 1 N–H and O–H groups in total. The van der Waals surface area contributed by atoms with E-state index >= 15 is 0 Å². The van der Waals surface area contributed by atoms with Gasteiger partial charge >= 0.3 is 0 Å². The number of hydrogen-bond donors (Lipinski definition) is 1. The zero-order chi connectivity index (χ0) is 14.8. The molecule has 0 saturated heterocycles. The molecule has 0 aliphatic rings. The molecular formula is C13H14N4O2S. The van der Waals surface area contributed by atoms with Crippen LogP contribution in [0.1, 0.15) is 25.5 Å². The molecule has 0 amide bonds. The maximum atomic E-state index is 12.3. The second-order valence-corrected chi connectivity index (χ2v) is 6.17. The third-order valence-corrected chi connectivity index (χ3v) is 4.12. The van der Waals surface area contributed by atoms with Crippen molar-refractivity contribution in [3.05, 3.63) is 42.2 Å². The van der Waals surface area contributed by atoms with Crippen molar-refractivity contribution in [1.82, 2.24) is 9.78 Å². The number of nitrogens with one attached hydrogen (secondary N) is 1. The van der Waals surface area contributed by atoms with Crippen LogP contribution in [0, 0.1) is 11.3 Å². The van der Waals surface area contributed by atoms with Crippen molar-refractivity contribution in [2.75, 3.05) is 4.72 Å². The Balaban J connectivity index is 2.34. The molecule has 1 aromatic carbocycles. The number of hydrogen-bond acceptors (Lipinski definition) is 4. The molecule has 0 bridgehead atoms. The van der Waals surface area contributed by atoms with Crippen molar-refractivity contribution >= 4 is 15.7 Å². The summed E-state index contributed by atoms with van der Waals surface area (Å²) in [4.78, 5) is -0.0419. The van der Waals surface area contributed by atoms with Crippen LogP contribution >= 0.6 is 0 Å². The van der Waals surface area contributed by atoms with Gasteiger partial charge in [-0.1, -0.05) is 12.1 Å². The number of nitrogens with zero attached hydrogens (tertiary/aromatic N) is 3. The van der Waals surface area contributed by atoms with Crippen molar-refractivity contribution in [3.63, 3.8) is 0 Å². The highest BCUT2D eigenvalue weighted by atomic mass is 32.2. The van der Waals surface area contributed by atoms with Crippen molar-refractivity contribution in [1.29, 1.82) is 5.26 Å². The van der Waals surface area contributed by atoms with Crippen LogP contribution < -0.4 is 4.72 Å². The van der Waals surface area contributed by atoms with Gasteiger partial charge in [0.25, 0.3) is 10.0 Å². The summed E-state index contributed by atoms with van der Waals surface area (Å²) in [6.45, 7) is 3.88. The van der Waals surface area contributed by atoms with E-state index in [1.165, 1.54) is 18.3 Å². The van der Waals surface area contributed by atoms with Gasteiger partial charge in [0, 0.05) is 12.2 Å². The first-order valence-electron chi connectivity index (χ1n) is 6.00. The van der Waals surface area contributed by atoms with Crippen LogP contribution in [0.15, 0.2) is 41.6 Å². The second kappa shape index (κ2) is 5.35. The molecule has 0 fully saturated rings. The van der Waals surface area contributed by atoms with Gasteiger partial charge in [0.15, 0.2) is 0 Å². The zero-order valence-electron chi connectivity index (χ0n) is 11.1. The van der Waals surface area contributed by atoms with Crippen molar-refractivity contribution in [2.24, 2.45) is 0 Å². The van der Waals surface area contributed by atoms with E-state index in [4.69, 9.17) is 5.26 Å². The third kappa shape index (κ3) is 2.81. The monoisotopic (exact) mass is 290 g/mol. The van der Waals surface area contributed by atoms with Gasteiger partial charge in [0.2, 0.25) is 0 Å². The summed E-state index contributed by atoms with van der Waals surface area (Å²) in [5, 5.41) is 13.0. The Kier molecular flexibility index (Phi) is 3.77. The fraction of sp³-hybridized carbons (Fsp3) is 0.231. The number of nitriles is 1. The van der Waals surface area contributed by atoms with Gasteiger partial charge in [-0.3, -0.25) is 9.40 Å². The van der Waals surface area contributed by atoms with Crippen LogP contribution in [0.5, 0.6) is 0 Å². The lowest BCUT2D eigenvalue weighted by atomic mass is 10.2. The average molecular weight is 290 g/mol.